The summed E-state index contributed by atoms with van der Waals surface area (Å²) in [5.74, 6) is -0.392. The fourth-order valence-corrected chi connectivity index (χ4v) is 3.21. The zero-order chi connectivity index (χ0) is 18.0. The molecule has 0 saturated carbocycles. The maximum Gasteiger partial charge on any atom is 0.418 e. The van der Waals surface area contributed by atoms with Crippen LogP contribution in [-0.2, 0) is 11.0 Å². The Morgan fingerprint density at radius 3 is 2.44 bits per heavy atom. The van der Waals surface area contributed by atoms with Crippen molar-refractivity contribution in [3.63, 3.8) is 0 Å². The molecule has 0 unspecified atom stereocenters. The van der Waals surface area contributed by atoms with Crippen molar-refractivity contribution < 1.29 is 18.0 Å². The van der Waals surface area contributed by atoms with Crippen LogP contribution in [-0.4, -0.2) is 11.1 Å². The summed E-state index contributed by atoms with van der Waals surface area (Å²) in [5, 5.41) is 2.61. The van der Waals surface area contributed by atoms with E-state index in [4.69, 9.17) is 0 Å². The average molecular weight is 427 g/mol. The number of alkyl halides is 3. The van der Waals surface area contributed by atoms with E-state index in [1.807, 2.05) is 24.3 Å². The monoisotopic (exact) mass is 426 g/mol. The summed E-state index contributed by atoms with van der Waals surface area (Å²) in [6.45, 7) is 0. The van der Waals surface area contributed by atoms with Crippen LogP contribution in [0.2, 0.25) is 0 Å². The lowest BCUT2D eigenvalue weighted by Crippen LogP contribution is -2.19. The molecule has 1 N–H and O–H groups in total. The lowest BCUT2D eigenvalue weighted by Gasteiger charge is -2.09. The third-order valence-corrected chi connectivity index (χ3v) is 4.69. The van der Waals surface area contributed by atoms with E-state index in [0.29, 0.717) is 4.91 Å². The predicted molar refractivity (Wildman–Crippen MR) is 96.4 cm³/mol. The first-order valence-electron chi connectivity index (χ1n) is 7.04. The van der Waals surface area contributed by atoms with Crippen molar-refractivity contribution >= 4 is 50.5 Å². The van der Waals surface area contributed by atoms with Gasteiger partial charge in [-0.25, -0.2) is 4.99 Å². The second kappa shape index (κ2) is 7.05. The minimum absolute atomic E-state index is 0.116. The van der Waals surface area contributed by atoms with Crippen LogP contribution >= 0.6 is 27.7 Å². The molecule has 0 radical (unpaired) electrons. The molecule has 1 aliphatic rings. The van der Waals surface area contributed by atoms with Crippen molar-refractivity contribution in [2.45, 2.75) is 6.18 Å². The Morgan fingerprint density at radius 1 is 1.08 bits per heavy atom. The number of hydrogen-bond acceptors (Lipinski definition) is 3. The van der Waals surface area contributed by atoms with E-state index in [0.717, 1.165) is 27.9 Å². The number of aliphatic imine (C=N–C) groups is 1. The fraction of sp³-hybridized carbons (Fsp3) is 0.0588. The molecule has 1 saturated heterocycles. The van der Waals surface area contributed by atoms with Gasteiger partial charge in [-0.3, -0.25) is 4.79 Å². The van der Waals surface area contributed by atoms with Gasteiger partial charge in [-0.15, -0.1) is 0 Å². The first-order valence-corrected chi connectivity index (χ1v) is 8.65. The Bertz CT molecular complexity index is 876. The Hall–Kier alpha value is -2.06. The molecule has 1 amide bonds. The number of para-hydroxylation sites is 1. The number of halogens is 4. The number of carbonyl (C=O) groups is 1. The van der Waals surface area contributed by atoms with Gasteiger partial charge in [-0.2, -0.15) is 13.2 Å². The molecule has 0 bridgehead atoms. The summed E-state index contributed by atoms with van der Waals surface area (Å²) in [6, 6.07) is 12.3. The number of benzene rings is 2. The van der Waals surface area contributed by atoms with Crippen LogP contribution in [0.3, 0.4) is 0 Å². The smallest absolute Gasteiger partial charge is 0.300 e. The molecule has 0 spiro atoms. The van der Waals surface area contributed by atoms with Gasteiger partial charge in [-0.1, -0.05) is 40.2 Å². The Labute approximate surface area is 154 Å². The van der Waals surface area contributed by atoms with Gasteiger partial charge in [0, 0.05) is 4.47 Å². The summed E-state index contributed by atoms with van der Waals surface area (Å²) in [6.07, 6.45) is -2.85. The Balaban J connectivity index is 1.88. The van der Waals surface area contributed by atoms with Crippen molar-refractivity contribution in [3.8, 4) is 0 Å². The molecule has 1 aliphatic heterocycles. The van der Waals surface area contributed by atoms with Gasteiger partial charge in [-0.05, 0) is 47.7 Å². The summed E-state index contributed by atoms with van der Waals surface area (Å²) in [5.41, 5.74) is -0.275. The molecule has 1 fully saturated rings. The highest BCUT2D eigenvalue weighted by Gasteiger charge is 2.34. The Morgan fingerprint density at radius 2 is 1.76 bits per heavy atom. The molecule has 0 aromatic heterocycles. The van der Waals surface area contributed by atoms with Crippen LogP contribution in [0.1, 0.15) is 11.1 Å². The summed E-state index contributed by atoms with van der Waals surface area (Å²) in [4.78, 5) is 16.3. The van der Waals surface area contributed by atoms with Gasteiger partial charge in [0.25, 0.3) is 5.91 Å². The highest BCUT2D eigenvalue weighted by atomic mass is 79.9. The molecule has 3 nitrogen and oxygen atoms in total. The van der Waals surface area contributed by atoms with E-state index in [2.05, 4.69) is 26.2 Å². The lowest BCUT2D eigenvalue weighted by atomic mass is 10.2. The van der Waals surface area contributed by atoms with Crippen LogP contribution < -0.4 is 5.32 Å². The van der Waals surface area contributed by atoms with E-state index in [1.165, 1.54) is 18.2 Å². The number of rotatable bonds is 2. The maximum absolute atomic E-state index is 13.0. The fourth-order valence-electron chi connectivity index (χ4n) is 2.11. The average Bonchev–Trinajstić information content (AvgIpc) is 2.88. The summed E-state index contributed by atoms with van der Waals surface area (Å²) < 4.78 is 40.0. The zero-order valence-corrected chi connectivity index (χ0v) is 14.9. The topological polar surface area (TPSA) is 41.5 Å². The van der Waals surface area contributed by atoms with Gasteiger partial charge in [0.05, 0.1) is 16.2 Å². The SMILES string of the molecule is O=C1NC(=Nc2ccccc2C(F)(F)F)SC1=Cc1ccc(Br)cc1. The number of carbonyl (C=O) groups excluding carboxylic acids is 1. The quantitative estimate of drug-likeness (QED) is 0.656. The zero-order valence-electron chi connectivity index (χ0n) is 12.5. The number of hydrogen-bond donors (Lipinski definition) is 1. The van der Waals surface area contributed by atoms with E-state index in [9.17, 15) is 18.0 Å². The van der Waals surface area contributed by atoms with Gasteiger partial charge >= 0.3 is 6.18 Å². The predicted octanol–water partition coefficient (Wildman–Crippen LogP) is 5.36. The standard InChI is InChI=1S/C17H10BrF3N2OS/c18-11-7-5-10(6-8-11)9-14-15(24)23-16(25-14)22-13-4-2-1-3-12(13)17(19,20)21/h1-9H,(H,22,23,24). The first kappa shape index (κ1) is 17.8. The minimum atomic E-state index is -4.51. The van der Waals surface area contributed by atoms with Gasteiger partial charge < -0.3 is 5.32 Å². The molecule has 128 valence electrons. The van der Waals surface area contributed by atoms with Crippen molar-refractivity contribution in [2.24, 2.45) is 4.99 Å². The van der Waals surface area contributed by atoms with Crippen LogP contribution in [0, 0.1) is 0 Å². The maximum atomic E-state index is 13.0. The van der Waals surface area contributed by atoms with Gasteiger partial charge in [0.2, 0.25) is 0 Å². The first-order chi connectivity index (χ1) is 11.8. The second-order valence-electron chi connectivity index (χ2n) is 5.05. The summed E-state index contributed by atoms with van der Waals surface area (Å²) in [7, 11) is 0. The van der Waals surface area contributed by atoms with E-state index < -0.39 is 17.6 Å². The third-order valence-electron chi connectivity index (χ3n) is 3.25. The van der Waals surface area contributed by atoms with Crippen LogP contribution in [0.4, 0.5) is 18.9 Å². The Kier molecular flexibility index (Phi) is 5.01. The van der Waals surface area contributed by atoms with E-state index in [1.54, 1.807) is 6.08 Å². The van der Waals surface area contributed by atoms with Crippen molar-refractivity contribution in [2.75, 3.05) is 0 Å². The highest BCUT2D eigenvalue weighted by Crippen LogP contribution is 2.37. The highest BCUT2D eigenvalue weighted by molar-refractivity contribution is 9.10. The summed E-state index contributed by atoms with van der Waals surface area (Å²) >= 11 is 4.33. The van der Waals surface area contributed by atoms with Crippen LogP contribution in [0.5, 0.6) is 0 Å². The molecule has 0 aliphatic carbocycles. The van der Waals surface area contributed by atoms with E-state index in [-0.39, 0.29) is 10.9 Å². The number of amides is 1. The van der Waals surface area contributed by atoms with Crippen molar-refractivity contribution in [1.82, 2.24) is 5.32 Å². The molecule has 2 aromatic carbocycles. The normalized spacial score (nSPS) is 18.0. The molecule has 2 aromatic rings. The number of nitrogens with zero attached hydrogens (tertiary/aromatic N) is 1. The lowest BCUT2D eigenvalue weighted by molar-refractivity contribution is -0.137. The minimum Gasteiger partial charge on any atom is -0.300 e. The van der Waals surface area contributed by atoms with Gasteiger partial charge in [0.1, 0.15) is 0 Å². The molecular weight excluding hydrogens is 417 g/mol. The molecule has 1 heterocycles. The van der Waals surface area contributed by atoms with Crippen molar-refractivity contribution in [3.05, 3.63) is 69.0 Å². The van der Waals surface area contributed by atoms with Crippen molar-refractivity contribution in [1.29, 1.82) is 0 Å². The van der Waals surface area contributed by atoms with Gasteiger partial charge in [0.15, 0.2) is 5.17 Å². The third kappa shape index (κ3) is 4.32. The molecule has 3 rings (SSSR count). The second-order valence-corrected chi connectivity index (χ2v) is 6.99. The largest absolute Gasteiger partial charge is 0.418 e. The molecular formula is C17H10BrF3N2OS. The molecule has 25 heavy (non-hydrogen) atoms. The molecule has 8 heteroatoms. The molecule has 0 atom stereocenters. The van der Waals surface area contributed by atoms with E-state index >= 15 is 0 Å². The van der Waals surface area contributed by atoms with Crippen LogP contribution in [0.25, 0.3) is 6.08 Å². The van der Waals surface area contributed by atoms with Crippen LogP contribution in [0.15, 0.2) is 62.9 Å². The number of thioether (sulfide) groups is 1. The number of amidine groups is 1. The number of nitrogens with one attached hydrogen (secondary N) is 1.